The molecule has 0 atom stereocenters. The molecule has 0 saturated carbocycles. The molecule has 0 aliphatic heterocycles. The number of alkyl halides is 3. The van der Waals surface area contributed by atoms with E-state index in [4.69, 9.17) is 0 Å². The first kappa shape index (κ1) is 17.0. The Labute approximate surface area is 117 Å². The molecule has 0 amide bonds. The fraction of sp³-hybridized carbons (Fsp3) is 0.538. The van der Waals surface area contributed by atoms with E-state index >= 15 is 0 Å². The average Bonchev–Trinajstić information content (AvgIpc) is 2.34. The topological polar surface area (TPSA) is 46.2 Å². The first-order valence-corrected chi connectivity index (χ1v) is 7.91. The van der Waals surface area contributed by atoms with E-state index in [0.717, 1.165) is 12.1 Å². The quantitative estimate of drug-likeness (QED) is 0.822. The van der Waals surface area contributed by atoms with Crippen molar-refractivity contribution in [3.63, 3.8) is 0 Å². The van der Waals surface area contributed by atoms with Crippen LogP contribution < -0.4 is 5.32 Å². The van der Waals surface area contributed by atoms with E-state index in [0.29, 0.717) is 19.0 Å². The summed E-state index contributed by atoms with van der Waals surface area (Å²) in [6.07, 6.45) is -4.18. The van der Waals surface area contributed by atoms with Crippen molar-refractivity contribution in [3.8, 4) is 0 Å². The van der Waals surface area contributed by atoms with Crippen LogP contribution in [0.2, 0.25) is 0 Å². The minimum Gasteiger partial charge on any atom is -0.314 e. The third-order valence-electron chi connectivity index (χ3n) is 2.66. The highest BCUT2D eigenvalue weighted by Gasteiger charge is 2.31. The van der Waals surface area contributed by atoms with E-state index in [9.17, 15) is 21.6 Å². The summed E-state index contributed by atoms with van der Waals surface area (Å²) in [6, 6.07) is 4.10. The summed E-state index contributed by atoms with van der Waals surface area (Å²) in [6.45, 7) is 4.37. The van der Waals surface area contributed by atoms with Crippen LogP contribution in [-0.2, 0) is 16.0 Å². The van der Waals surface area contributed by atoms with Gasteiger partial charge in [0.05, 0.1) is 16.2 Å². The molecule has 0 fully saturated rings. The third kappa shape index (κ3) is 5.13. The lowest BCUT2D eigenvalue weighted by Gasteiger charge is -2.10. The first-order valence-electron chi connectivity index (χ1n) is 6.26. The molecule has 0 aromatic heterocycles. The van der Waals surface area contributed by atoms with E-state index in [1.807, 2.05) is 13.8 Å². The molecule has 114 valence electrons. The van der Waals surface area contributed by atoms with Gasteiger partial charge in [-0.1, -0.05) is 19.9 Å². The smallest absolute Gasteiger partial charge is 0.314 e. The Morgan fingerprint density at radius 2 is 1.90 bits per heavy atom. The zero-order valence-corrected chi connectivity index (χ0v) is 12.2. The van der Waals surface area contributed by atoms with Gasteiger partial charge in [-0.15, -0.1) is 0 Å². The van der Waals surface area contributed by atoms with Gasteiger partial charge in [0.25, 0.3) is 0 Å². The molecule has 0 heterocycles. The molecule has 0 aliphatic carbocycles. The van der Waals surface area contributed by atoms with E-state index in [1.54, 1.807) is 0 Å². The molecule has 7 heteroatoms. The molecule has 0 radical (unpaired) electrons. The third-order valence-corrected chi connectivity index (χ3v) is 4.46. The van der Waals surface area contributed by atoms with Crippen LogP contribution in [-0.4, -0.2) is 26.8 Å². The largest absolute Gasteiger partial charge is 0.416 e. The van der Waals surface area contributed by atoms with Crippen LogP contribution in [0.25, 0.3) is 0 Å². The maximum absolute atomic E-state index is 12.5. The van der Waals surface area contributed by atoms with Crippen LogP contribution in [0.5, 0.6) is 0 Å². The number of hydrogen-bond donors (Lipinski definition) is 1. The van der Waals surface area contributed by atoms with Crippen molar-refractivity contribution in [1.82, 2.24) is 5.32 Å². The van der Waals surface area contributed by atoms with Gasteiger partial charge in [0.15, 0.2) is 9.84 Å². The Morgan fingerprint density at radius 3 is 2.45 bits per heavy atom. The summed E-state index contributed by atoms with van der Waals surface area (Å²) in [7, 11) is -3.68. The lowest BCUT2D eigenvalue weighted by atomic mass is 10.2. The predicted octanol–water partition coefficient (Wildman–Crippen LogP) is 2.87. The summed E-state index contributed by atoms with van der Waals surface area (Å²) in [4.78, 5) is -0.281. The van der Waals surface area contributed by atoms with Crippen LogP contribution >= 0.6 is 0 Å². The lowest BCUT2D eigenvalue weighted by molar-refractivity contribution is -0.137. The van der Waals surface area contributed by atoms with Crippen molar-refractivity contribution in [1.29, 1.82) is 0 Å². The Morgan fingerprint density at radius 1 is 1.25 bits per heavy atom. The SMILES string of the molecule is CC(C)NCCCS(=O)(=O)c1cccc(C(F)(F)F)c1. The highest BCUT2D eigenvalue weighted by molar-refractivity contribution is 7.91. The Hall–Kier alpha value is -1.08. The summed E-state index contributed by atoms with van der Waals surface area (Å²) in [5, 5.41) is 3.06. The Bertz CT molecular complexity index is 539. The fourth-order valence-corrected chi connectivity index (χ4v) is 2.99. The van der Waals surface area contributed by atoms with E-state index in [2.05, 4.69) is 5.32 Å². The zero-order chi connectivity index (χ0) is 15.4. The normalized spacial score (nSPS) is 12.9. The van der Waals surface area contributed by atoms with Crippen LogP contribution in [0.3, 0.4) is 0 Å². The fourth-order valence-electron chi connectivity index (χ4n) is 1.64. The van der Waals surface area contributed by atoms with Gasteiger partial charge in [-0.25, -0.2) is 8.42 Å². The number of halogens is 3. The molecule has 0 bridgehead atoms. The van der Waals surface area contributed by atoms with Gasteiger partial charge in [-0.2, -0.15) is 13.2 Å². The van der Waals surface area contributed by atoms with E-state index in [1.165, 1.54) is 6.07 Å². The summed E-state index contributed by atoms with van der Waals surface area (Å²) >= 11 is 0. The Kier molecular flexibility index (Phi) is 5.59. The van der Waals surface area contributed by atoms with E-state index < -0.39 is 21.6 Å². The van der Waals surface area contributed by atoms with Gasteiger partial charge in [0.2, 0.25) is 0 Å². The molecule has 20 heavy (non-hydrogen) atoms. The molecule has 0 unspecified atom stereocenters. The molecular formula is C13H18F3NO2S. The van der Waals surface area contributed by atoms with Crippen molar-refractivity contribution < 1.29 is 21.6 Å². The minimum atomic E-state index is -4.54. The highest BCUT2D eigenvalue weighted by Crippen LogP contribution is 2.30. The molecule has 3 nitrogen and oxygen atoms in total. The zero-order valence-electron chi connectivity index (χ0n) is 11.4. The standard InChI is InChI=1S/C13H18F3NO2S/c1-10(2)17-7-4-8-20(18,19)12-6-3-5-11(9-12)13(14,15)16/h3,5-6,9-10,17H,4,7-8H2,1-2H3. The molecule has 1 aromatic rings. The maximum Gasteiger partial charge on any atom is 0.416 e. The number of nitrogens with one attached hydrogen (secondary N) is 1. The molecule has 1 rings (SSSR count). The van der Waals surface area contributed by atoms with Gasteiger partial charge < -0.3 is 5.32 Å². The van der Waals surface area contributed by atoms with Crippen LogP contribution in [0.4, 0.5) is 13.2 Å². The van der Waals surface area contributed by atoms with Crippen molar-refractivity contribution in [2.24, 2.45) is 0 Å². The lowest BCUT2D eigenvalue weighted by Crippen LogP contribution is -2.25. The summed E-state index contributed by atoms with van der Waals surface area (Å²) < 4.78 is 61.6. The van der Waals surface area contributed by atoms with Crippen molar-refractivity contribution >= 4 is 9.84 Å². The van der Waals surface area contributed by atoms with Crippen molar-refractivity contribution in [2.75, 3.05) is 12.3 Å². The monoisotopic (exact) mass is 309 g/mol. The minimum absolute atomic E-state index is 0.173. The van der Waals surface area contributed by atoms with Crippen LogP contribution in [0.15, 0.2) is 29.2 Å². The summed E-state index contributed by atoms with van der Waals surface area (Å²) in [5.41, 5.74) is -0.945. The summed E-state index contributed by atoms with van der Waals surface area (Å²) in [5.74, 6) is -0.173. The second-order valence-corrected chi connectivity index (χ2v) is 6.92. The molecule has 1 N–H and O–H groups in total. The second kappa shape index (κ2) is 6.58. The number of sulfone groups is 1. The predicted molar refractivity (Wildman–Crippen MR) is 71.3 cm³/mol. The van der Waals surface area contributed by atoms with Gasteiger partial charge in [-0.3, -0.25) is 0 Å². The van der Waals surface area contributed by atoms with Crippen LogP contribution in [0.1, 0.15) is 25.8 Å². The highest BCUT2D eigenvalue weighted by atomic mass is 32.2. The molecule has 0 aliphatic rings. The Balaban J connectivity index is 2.78. The van der Waals surface area contributed by atoms with Gasteiger partial charge >= 0.3 is 6.18 Å². The number of rotatable bonds is 6. The molecule has 0 spiro atoms. The van der Waals surface area contributed by atoms with E-state index in [-0.39, 0.29) is 16.7 Å². The molecule has 0 saturated heterocycles. The van der Waals surface area contributed by atoms with Crippen molar-refractivity contribution in [3.05, 3.63) is 29.8 Å². The number of benzene rings is 1. The average molecular weight is 309 g/mol. The number of hydrogen-bond acceptors (Lipinski definition) is 3. The van der Waals surface area contributed by atoms with Crippen LogP contribution in [0, 0.1) is 0 Å². The maximum atomic E-state index is 12.5. The molecule has 1 aromatic carbocycles. The van der Waals surface area contributed by atoms with Gasteiger partial charge in [0.1, 0.15) is 0 Å². The van der Waals surface area contributed by atoms with Gasteiger partial charge in [-0.05, 0) is 31.2 Å². The second-order valence-electron chi connectivity index (χ2n) is 4.81. The molecular weight excluding hydrogens is 291 g/mol. The van der Waals surface area contributed by atoms with Crippen molar-refractivity contribution in [2.45, 2.75) is 37.4 Å². The first-order chi connectivity index (χ1) is 9.13. The van der Waals surface area contributed by atoms with Gasteiger partial charge in [0, 0.05) is 6.04 Å².